The molecule has 2 N–H and O–H groups in total. The fraction of sp³-hybridized carbons (Fsp3) is 0.111. The maximum absolute atomic E-state index is 2.20. The first-order valence-corrected chi connectivity index (χ1v) is 3.48. The van der Waals surface area contributed by atoms with Gasteiger partial charge in [-0.05, 0) is 6.07 Å². The van der Waals surface area contributed by atoms with Gasteiger partial charge < -0.3 is 0 Å². The van der Waals surface area contributed by atoms with Crippen LogP contribution in [0.3, 0.4) is 0 Å². The molecule has 0 radical (unpaired) electrons. The summed E-state index contributed by atoms with van der Waals surface area (Å²) in [4.78, 5) is 0. The fourth-order valence-electron chi connectivity index (χ4n) is 1.31. The lowest BCUT2D eigenvalue weighted by Gasteiger charge is -1.91. The molecule has 0 atom stereocenters. The van der Waals surface area contributed by atoms with Gasteiger partial charge in [-0.25, -0.2) is 0 Å². The van der Waals surface area contributed by atoms with Crippen LogP contribution < -0.4 is 5.32 Å². The number of fused-ring (bicyclic) bond motifs is 1. The second kappa shape index (κ2) is 1.96. The molecule has 50 valence electrons. The van der Waals surface area contributed by atoms with E-state index in [0.717, 1.165) is 0 Å². The quantitative estimate of drug-likeness (QED) is 0.512. The number of nitrogens with two attached hydrogens (primary N) is 1. The lowest BCUT2D eigenvalue weighted by atomic mass is 10.2. The summed E-state index contributed by atoms with van der Waals surface area (Å²) in [5.74, 6) is 0. The largest absolute Gasteiger partial charge is 0.285 e. The number of rotatable bonds is 0. The van der Waals surface area contributed by atoms with Gasteiger partial charge in [-0.15, -0.1) is 0 Å². The Hall–Kier alpha value is -1.08. The smallest absolute Gasteiger partial charge is 0.141 e. The zero-order chi connectivity index (χ0) is 6.97. The Morgan fingerprint density at radius 2 is 2.00 bits per heavy atom. The third-order valence-corrected chi connectivity index (χ3v) is 1.76. The van der Waals surface area contributed by atoms with E-state index in [4.69, 9.17) is 0 Å². The molecule has 0 amide bonds. The van der Waals surface area contributed by atoms with Crippen molar-refractivity contribution in [1.82, 2.24) is 0 Å². The van der Waals surface area contributed by atoms with Crippen molar-refractivity contribution in [3.05, 3.63) is 35.5 Å². The second-order valence-corrected chi connectivity index (χ2v) is 2.66. The van der Waals surface area contributed by atoms with Crippen LogP contribution in [0, 0.1) is 0 Å². The van der Waals surface area contributed by atoms with Crippen LogP contribution in [0.25, 0.3) is 6.08 Å². The molecule has 0 bridgehead atoms. The molecule has 1 heteroatoms. The van der Waals surface area contributed by atoms with Gasteiger partial charge in [0.05, 0.1) is 0 Å². The standard InChI is InChI=1S/C9H9N/c1-7-6-8-4-2-3-5-9(8)10-7/h2-6,10H,1H3/p+1. The van der Waals surface area contributed by atoms with E-state index < -0.39 is 0 Å². The molecular formula is C9H10N+. The van der Waals surface area contributed by atoms with E-state index in [1.54, 1.807) is 0 Å². The minimum absolute atomic E-state index is 1.35. The molecule has 0 spiro atoms. The van der Waals surface area contributed by atoms with Crippen molar-refractivity contribution in [2.75, 3.05) is 0 Å². The van der Waals surface area contributed by atoms with E-state index in [1.165, 1.54) is 16.9 Å². The average molecular weight is 132 g/mol. The van der Waals surface area contributed by atoms with Crippen LogP contribution in [-0.4, -0.2) is 0 Å². The second-order valence-electron chi connectivity index (χ2n) is 2.66. The Kier molecular flexibility index (Phi) is 1.11. The molecule has 1 aliphatic rings. The Labute approximate surface area is 60.4 Å². The number of quaternary nitrogens is 1. The van der Waals surface area contributed by atoms with Gasteiger partial charge >= 0.3 is 0 Å². The molecule has 1 nitrogen and oxygen atoms in total. The summed E-state index contributed by atoms with van der Waals surface area (Å²) in [5, 5.41) is 2.20. The molecular weight excluding hydrogens is 122 g/mol. The van der Waals surface area contributed by atoms with Gasteiger partial charge in [0.25, 0.3) is 0 Å². The maximum atomic E-state index is 2.20. The van der Waals surface area contributed by atoms with Gasteiger partial charge in [0.15, 0.2) is 0 Å². The first-order chi connectivity index (χ1) is 4.86. The van der Waals surface area contributed by atoms with Crippen molar-refractivity contribution < 1.29 is 5.32 Å². The lowest BCUT2D eigenvalue weighted by Crippen LogP contribution is -2.73. The topological polar surface area (TPSA) is 16.6 Å². The third kappa shape index (κ3) is 0.755. The summed E-state index contributed by atoms with van der Waals surface area (Å²) in [7, 11) is 0. The molecule has 0 aliphatic carbocycles. The van der Waals surface area contributed by atoms with Crippen molar-refractivity contribution in [2.24, 2.45) is 0 Å². The summed E-state index contributed by atoms with van der Waals surface area (Å²) in [5.41, 5.74) is 4.04. The number of para-hydroxylation sites is 1. The summed E-state index contributed by atoms with van der Waals surface area (Å²) in [6.45, 7) is 2.12. The summed E-state index contributed by atoms with van der Waals surface area (Å²) >= 11 is 0. The Morgan fingerprint density at radius 3 is 2.80 bits per heavy atom. The van der Waals surface area contributed by atoms with Crippen LogP contribution in [0.1, 0.15) is 12.5 Å². The number of allylic oxidation sites excluding steroid dienone is 1. The first kappa shape index (κ1) is 5.69. The van der Waals surface area contributed by atoms with Gasteiger partial charge in [-0.3, -0.25) is 5.32 Å². The molecule has 1 aromatic carbocycles. The van der Waals surface area contributed by atoms with Gasteiger partial charge in [-0.2, -0.15) is 0 Å². The zero-order valence-corrected chi connectivity index (χ0v) is 5.96. The number of hydrogen-bond acceptors (Lipinski definition) is 0. The van der Waals surface area contributed by atoms with Crippen molar-refractivity contribution in [2.45, 2.75) is 6.92 Å². The summed E-state index contributed by atoms with van der Waals surface area (Å²) in [6, 6.07) is 8.42. The molecule has 1 heterocycles. The van der Waals surface area contributed by atoms with E-state index in [9.17, 15) is 0 Å². The van der Waals surface area contributed by atoms with Crippen LogP contribution >= 0.6 is 0 Å². The Bertz CT molecular complexity index is 287. The lowest BCUT2D eigenvalue weighted by molar-refractivity contribution is -0.512. The minimum atomic E-state index is 1.35. The maximum Gasteiger partial charge on any atom is 0.141 e. The van der Waals surface area contributed by atoms with Crippen molar-refractivity contribution in [3.8, 4) is 0 Å². The average Bonchev–Trinajstić information content (AvgIpc) is 2.27. The highest BCUT2D eigenvalue weighted by Gasteiger charge is 2.11. The molecule has 0 saturated carbocycles. The zero-order valence-electron chi connectivity index (χ0n) is 5.96. The highest BCUT2D eigenvalue weighted by molar-refractivity contribution is 5.64. The van der Waals surface area contributed by atoms with E-state index in [0.29, 0.717) is 0 Å². The van der Waals surface area contributed by atoms with Crippen LogP contribution in [0.4, 0.5) is 5.69 Å². The van der Waals surface area contributed by atoms with Gasteiger partial charge in [-0.1, -0.05) is 12.1 Å². The van der Waals surface area contributed by atoms with Gasteiger partial charge in [0, 0.05) is 24.6 Å². The Morgan fingerprint density at radius 1 is 1.20 bits per heavy atom. The first-order valence-electron chi connectivity index (χ1n) is 3.48. The summed E-state index contributed by atoms with van der Waals surface area (Å²) < 4.78 is 0. The molecule has 0 saturated heterocycles. The number of hydrogen-bond donors (Lipinski definition) is 1. The minimum Gasteiger partial charge on any atom is -0.285 e. The highest BCUT2D eigenvalue weighted by atomic mass is 14.9. The monoisotopic (exact) mass is 132 g/mol. The van der Waals surface area contributed by atoms with Crippen molar-refractivity contribution in [3.63, 3.8) is 0 Å². The van der Waals surface area contributed by atoms with E-state index in [2.05, 4.69) is 42.6 Å². The molecule has 0 fully saturated rings. The normalized spacial score (nSPS) is 14.7. The molecule has 1 aliphatic heterocycles. The molecule has 2 rings (SSSR count). The van der Waals surface area contributed by atoms with Crippen LogP contribution in [0.2, 0.25) is 0 Å². The predicted octanol–water partition coefficient (Wildman–Crippen LogP) is 1.26. The van der Waals surface area contributed by atoms with Crippen LogP contribution in [0.15, 0.2) is 30.0 Å². The predicted molar refractivity (Wildman–Crippen MR) is 41.7 cm³/mol. The van der Waals surface area contributed by atoms with Gasteiger partial charge in [0.1, 0.15) is 11.4 Å². The molecule has 1 aromatic rings. The van der Waals surface area contributed by atoms with E-state index in [-0.39, 0.29) is 0 Å². The van der Waals surface area contributed by atoms with Crippen LogP contribution in [-0.2, 0) is 0 Å². The fourth-order valence-corrected chi connectivity index (χ4v) is 1.31. The highest BCUT2D eigenvalue weighted by Crippen LogP contribution is 2.16. The SMILES string of the molecule is CC1=Cc2ccccc2[NH2+]1. The van der Waals surface area contributed by atoms with Crippen molar-refractivity contribution in [1.29, 1.82) is 0 Å². The van der Waals surface area contributed by atoms with E-state index in [1.807, 2.05) is 0 Å². The molecule has 0 aromatic heterocycles. The molecule has 0 unspecified atom stereocenters. The summed E-state index contributed by atoms with van der Waals surface area (Å²) in [6.07, 6.45) is 2.20. The van der Waals surface area contributed by atoms with Crippen LogP contribution in [0.5, 0.6) is 0 Å². The number of benzene rings is 1. The van der Waals surface area contributed by atoms with E-state index >= 15 is 0 Å². The van der Waals surface area contributed by atoms with Crippen molar-refractivity contribution >= 4 is 11.8 Å². The van der Waals surface area contributed by atoms with Gasteiger partial charge in [0.2, 0.25) is 0 Å². The third-order valence-electron chi connectivity index (χ3n) is 1.76. The Balaban J connectivity index is 2.54. The molecule has 10 heavy (non-hydrogen) atoms.